The van der Waals surface area contributed by atoms with Gasteiger partial charge in [0.15, 0.2) is 0 Å². The van der Waals surface area contributed by atoms with E-state index in [1.165, 1.54) is 11.1 Å². The van der Waals surface area contributed by atoms with Crippen molar-refractivity contribution in [3.8, 4) is 0 Å². The Bertz CT molecular complexity index is 1230. The van der Waals surface area contributed by atoms with Gasteiger partial charge in [-0.2, -0.15) is 26.7 Å². The zero-order chi connectivity index (χ0) is 25.5. The SMILES string of the molecule is O=C(Nc1c2c(cc3c1CCC3)CCC2)NS(=O)(=O)N(c1cnn(CC(F)(F)F)c1)C1CCOCC1.[NaH]. The van der Waals surface area contributed by atoms with Crippen molar-refractivity contribution in [1.29, 1.82) is 0 Å². The van der Waals surface area contributed by atoms with Gasteiger partial charge < -0.3 is 10.1 Å². The summed E-state index contributed by atoms with van der Waals surface area (Å²) in [7, 11) is -4.47. The average molecular weight is 552 g/mol. The van der Waals surface area contributed by atoms with Gasteiger partial charge in [0.05, 0.1) is 17.9 Å². The molecule has 0 radical (unpaired) electrons. The summed E-state index contributed by atoms with van der Waals surface area (Å²) >= 11 is 0. The fourth-order valence-corrected chi connectivity index (χ4v) is 6.83. The van der Waals surface area contributed by atoms with Gasteiger partial charge in [-0.05, 0) is 73.6 Å². The van der Waals surface area contributed by atoms with E-state index >= 15 is 0 Å². The molecule has 1 aromatic heterocycles. The minimum atomic E-state index is -4.51. The van der Waals surface area contributed by atoms with Gasteiger partial charge in [0.2, 0.25) is 0 Å². The van der Waals surface area contributed by atoms with Crippen LogP contribution in [0.5, 0.6) is 0 Å². The molecule has 0 spiro atoms. The van der Waals surface area contributed by atoms with Crippen molar-refractivity contribution in [3.05, 3.63) is 40.7 Å². The minimum absolute atomic E-state index is 0. The van der Waals surface area contributed by atoms with Crippen LogP contribution in [0.1, 0.15) is 47.9 Å². The van der Waals surface area contributed by atoms with Crippen LogP contribution in [0.3, 0.4) is 0 Å². The van der Waals surface area contributed by atoms with Crippen LogP contribution in [0.2, 0.25) is 0 Å². The number of rotatable bonds is 6. The summed E-state index contributed by atoms with van der Waals surface area (Å²) in [6.45, 7) is -0.767. The van der Waals surface area contributed by atoms with E-state index in [1.54, 1.807) is 0 Å². The summed E-state index contributed by atoms with van der Waals surface area (Å²) in [5.41, 5.74) is 5.13. The number of halogens is 3. The number of carbonyl (C=O) groups excluding carboxylic acids is 1. The molecular formula is C23H29F3N5NaO4S. The van der Waals surface area contributed by atoms with E-state index in [9.17, 15) is 26.4 Å². The number of aryl methyl sites for hydroxylation is 2. The molecule has 2 N–H and O–H groups in total. The topological polar surface area (TPSA) is 106 Å². The molecule has 1 aromatic carbocycles. The summed E-state index contributed by atoms with van der Waals surface area (Å²) in [5, 5.41) is 6.48. The molecule has 1 fully saturated rings. The zero-order valence-corrected chi connectivity index (χ0v) is 20.4. The Balaban J connectivity index is 0.00000320. The monoisotopic (exact) mass is 551 g/mol. The van der Waals surface area contributed by atoms with Crippen LogP contribution >= 0.6 is 0 Å². The molecule has 37 heavy (non-hydrogen) atoms. The van der Waals surface area contributed by atoms with Crippen molar-refractivity contribution in [2.45, 2.75) is 70.1 Å². The number of hydrogen-bond acceptors (Lipinski definition) is 5. The first-order chi connectivity index (χ1) is 17.1. The molecule has 1 saturated heterocycles. The van der Waals surface area contributed by atoms with Crippen LogP contribution in [0.25, 0.3) is 0 Å². The molecule has 2 aromatic rings. The summed E-state index contributed by atoms with van der Waals surface area (Å²) < 4.78 is 74.4. The molecule has 3 aliphatic rings. The third kappa shape index (κ3) is 6.27. The molecule has 0 unspecified atom stereocenters. The van der Waals surface area contributed by atoms with E-state index in [4.69, 9.17) is 4.74 Å². The Hall–Kier alpha value is -1.80. The number of aromatic nitrogens is 2. The first kappa shape index (κ1) is 28.2. The van der Waals surface area contributed by atoms with Gasteiger partial charge in [0.25, 0.3) is 0 Å². The van der Waals surface area contributed by atoms with Crippen molar-refractivity contribution in [3.63, 3.8) is 0 Å². The van der Waals surface area contributed by atoms with Crippen molar-refractivity contribution in [2.24, 2.45) is 0 Å². The number of alkyl halides is 3. The van der Waals surface area contributed by atoms with E-state index in [0.717, 1.165) is 66.4 Å². The molecule has 1 aliphatic heterocycles. The predicted molar refractivity (Wildman–Crippen MR) is 133 cm³/mol. The van der Waals surface area contributed by atoms with E-state index in [1.807, 2.05) is 0 Å². The molecule has 2 aliphatic carbocycles. The number of hydrogen-bond donors (Lipinski definition) is 2. The van der Waals surface area contributed by atoms with Crippen molar-refractivity contribution < 1.29 is 31.1 Å². The van der Waals surface area contributed by atoms with Crippen LogP contribution in [0.4, 0.5) is 29.3 Å². The Morgan fingerprint density at radius 2 is 1.73 bits per heavy atom. The molecule has 0 atom stereocenters. The van der Waals surface area contributed by atoms with E-state index in [2.05, 4.69) is 21.2 Å². The number of anilines is 2. The first-order valence-corrected chi connectivity index (χ1v) is 13.5. The second-order valence-corrected chi connectivity index (χ2v) is 11.0. The van der Waals surface area contributed by atoms with E-state index < -0.39 is 35.0 Å². The normalized spacial score (nSPS) is 17.6. The first-order valence-electron chi connectivity index (χ1n) is 12.1. The van der Waals surface area contributed by atoms with Gasteiger partial charge in [0.1, 0.15) is 6.54 Å². The molecule has 198 valence electrons. The molecule has 2 heterocycles. The van der Waals surface area contributed by atoms with Gasteiger partial charge in [-0.25, -0.2) is 13.8 Å². The second-order valence-electron chi connectivity index (χ2n) is 9.45. The quantitative estimate of drug-likeness (QED) is 0.538. The Morgan fingerprint density at radius 1 is 1.11 bits per heavy atom. The van der Waals surface area contributed by atoms with Crippen LogP contribution < -0.4 is 14.3 Å². The average Bonchev–Trinajstić information content (AvgIpc) is 3.54. The maximum atomic E-state index is 13.4. The van der Waals surface area contributed by atoms with Crippen molar-refractivity contribution in [1.82, 2.24) is 14.5 Å². The predicted octanol–water partition coefficient (Wildman–Crippen LogP) is 2.83. The fourth-order valence-electron chi connectivity index (χ4n) is 5.47. The number of amides is 2. The van der Waals surface area contributed by atoms with Crippen LogP contribution in [0, 0.1) is 0 Å². The third-order valence-electron chi connectivity index (χ3n) is 6.93. The van der Waals surface area contributed by atoms with Crippen LogP contribution in [0.15, 0.2) is 18.5 Å². The van der Waals surface area contributed by atoms with Crippen molar-refractivity contribution in [2.75, 3.05) is 22.8 Å². The van der Waals surface area contributed by atoms with E-state index in [-0.39, 0.29) is 35.2 Å². The molecule has 2 amide bonds. The molecule has 9 nitrogen and oxygen atoms in total. The second kappa shape index (κ2) is 11.1. The van der Waals surface area contributed by atoms with Gasteiger partial charge in [0, 0.05) is 25.1 Å². The Labute approximate surface area is 235 Å². The van der Waals surface area contributed by atoms with Gasteiger partial charge in [-0.1, -0.05) is 6.07 Å². The summed E-state index contributed by atoms with van der Waals surface area (Å²) in [4.78, 5) is 13.0. The maximum absolute atomic E-state index is 13.4. The van der Waals surface area contributed by atoms with Gasteiger partial charge in [-0.3, -0.25) is 4.68 Å². The standard InChI is InChI=1S/C23H28F3N5O4S.Na.H/c24-23(25,26)14-30-13-18(12-27-30)31(17-7-9-35-10-8-17)36(33,34)29-22(32)28-21-19-5-1-3-15(19)11-16-4-2-6-20(16)21;;/h11-13,17H,1-10,14H2,(H2,28,29,32);;. The Kier molecular flexibility index (Phi) is 8.49. The third-order valence-corrected chi connectivity index (χ3v) is 8.40. The summed E-state index contributed by atoms with van der Waals surface area (Å²) in [6.07, 6.45) is 3.67. The summed E-state index contributed by atoms with van der Waals surface area (Å²) in [5.74, 6) is 0. The number of carbonyl (C=O) groups is 1. The number of fused-ring (bicyclic) bond motifs is 2. The van der Waals surface area contributed by atoms with Crippen molar-refractivity contribution >= 4 is 57.2 Å². The number of urea groups is 1. The number of nitrogens with zero attached hydrogens (tertiary/aromatic N) is 3. The molecule has 0 bridgehead atoms. The summed E-state index contributed by atoms with van der Waals surface area (Å²) in [6, 6.07) is 0.706. The van der Waals surface area contributed by atoms with Gasteiger partial charge in [-0.15, -0.1) is 0 Å². The number of nitrogens with one attached hydrogen (secondary N) is 2. The van der Waals surface area contributed by atoms with Gasteiger partial charge >= 0.3 is 52.0 Å². The number of ether oxygens (including phenoxy) is 1. The zero-order valence-electron chi connectivity index (χ0n) is 19.6. The van der Waals surface area contributed by atoms with E-state index in [0.29, 0.717) is 36.4 Å². The molecular weight excluding hydrogens is 522 g/mol. The molecule has 5 rings (SSSR count). The van der Waals surface area contributed by atoms with Crippen LogP contribution in [-0.2, 0) is 47.2 Å². The molecule has 14 heteroatoms. The number of benzene rings is 1. The Morgan fingerprint density at radius 3 is 2.32 bits per heavy atom. The molecule has 0 saturated carbocycles. The fraction of sp³-hybridized carbons (Fsp3) is 0.565. The van der Waals surface area contributed by atoms with Crippen LogP contribution in [-0.4, -0.2) is 79.2 Å².